The number of amides is 1. The molecule has 0 saturated heterocycles. The highest BCUT2D eigenvalue weighted by Gasteiger charge is 2.33. The summed E-state index contributed by atoms with van der Waals surface area (Å²) < 4.78 is 20.6. The van der Waals surface area contributed by atoms with Crippen LogP contribution in [0.4, 0.5) is 15.8 Å². The van der Waals surface area contributed by atoms with Gasteiger partial charge in [0.15, 0.2) is 5.84 Å². The number of benzene rings is 3. The molecule has 6 heteroatoms. The molecule has 0 radical (unpaired) electrons. The number of halogens is 1. The normalized spacial score (nSPS) is 14.3. The SMILES string of the molecule is CCCCCCOc1ccc(N2C(=O)/C(=C/c3ccc(N(C)C)cc3)N=C2c2ccccc2F)cc1. The van der Waals surface area contributed by atoms with Crippen molar-refractivity contribution in [2.24, 2.45) is 4.99 Å². The first-order chi connectivity index (χ1) is 17.5. The van der Waals surface area contributed by atoms with Crippen LogP contribution in [0.3, 0.4) is 0 Å². The zero-order chi connectivity index (χ0) is 25.5. The Hall–Kier alpha value is -3.93. The maximum absolute atomic E-state index is 14.8. The summed E-state index contributed by atoms with van der Waals surface area (Å²) in [5.41, 5.74) is 3.02. The van der Waals surface area contributed by atoms with Crippen molar-refractivity contribution in [1.29, 1.82) is 0 Å². The van der Waals surface area contributed by atoms with Gasteiger partial charge in [0.25, 0.3) is 5.91 Å². The molecule has 0 bridgehead atoms. The number of nitrogens with zero attached hydrogens (tertiary/aromatic N) is 3. The molecule has 0 atom stereocenters. The van der Waals surface area contributed by atoms with Gasteiger partial charge in [0, 0.05) is 19.8 Å². The largest absolute Gasteiger partial charge is 0.494 e. The van der Waals surface area contributed by atoms with Crippen molar-refractivity contribution in [2.45, 2.75) is 32.6 Å². The molecule has 0 N–H and O–H groups in total. The number of rotatable bonds is 10. The fourth-order valence-corrected chi connectivity index (χ4v) is 4.02. The van der Waals surface area contributed by atoms with Crippen LogP contribution < -0.4 is 14.5 Å². The van der Waals surface area contributed by atoms with E-state index >= 15 is 0 Å². The Kier molecular flexibility index (Phi) is 8.16. The van der Waals surface area contributed by atoms with E-state index in [1.807, 2.05) is 67.5 Å². The van der Waals surface area contributed by atoms with Gasteiger partial charge < -0.3 is 9.64 Å². The first kappa shape index (κ1) is 25.2. The summed E-state index contributed by atoms with van der Waals surface area (Å²) in [7, 11) is 3.94. The highest BCUT2D eigenvalue weighted by molar-refractivity contribution is 6.33. The Morgan fingerprint density at radius 1 is 0.944 bits per heavy atom. The van der Waals surface area contributed by atoms with Gasteiger partial charge in [0.1, 0.15) is 17.3 Å². The summed E-state index contributed by atoms with van der Waals surface area (Å²) >= 11 is 0. The highest BCUT2D eigenvalue weighted by atomic mass is 19.1. The van der Waals surface area contributed by atoms with Crippen LogP contribution in [0, 0.1) is 5.82 Å². The van der Waals surface area contributed by atoms with Crippen molar-refractivity contribution in [1.82, 2.24) is 0 Å². The molecule has 0 aliphatic carbocycles. The second-order valence-electron chi connectivity index (χ2n) is 8.97. The molecule has 0 aromatic heterocycles. The molecule has 4 rings (SSSR count). The lowest BCUT2D eigenvalue weighted by atomic mass is 10.1. The lowest BCUT2D eigenvalue weighted by Gasteiger charge is -2.19. The molecular formula is C30H32FN3O2. The van der Waals surface area contributed by atoms with E-state index in [1.165, 1.54) is 23.8 Å². The van der Waals surface area contributed by atoms with E-state index in [0.29, 0.717) is 12.3 Å². The highest BCUT2D eigenvalue weighted by Crippen LogP contribution is 2.30. The van der Waals surface area contributed by atoms with Crippen LogP contribution >= 0.6 is 0 Å². The van der Waals surface area contributed by atoms with Crippen LogP contribution in [0.1, 0.15) is 43.7 Å². The third-order valence-electron chi connectivity index (χ3n) is 6.05. The Morgan fingerprint density at radius 3 is 2.33 bits per heavy atom. The van der Waals surface area contributed by atoms with Crippen molar-refractivity contribution in [2.75, 3.05) is 30.5 Å². The first-order valence-electron chi connectivity index (χ1n) is 12.4. The van der Waals surface area contributed by atoms with Gasteiger partial charge in [0.2, 0.25) is 0 Å². The van der Waals surface area contributed by atoms with Gasteiger partial charge in [-0.05, 0) is 66.6 Å². The molecule has 1 amide bonds. The number of carbonyl (C=O) groups is 1. The molecule has 3 aromatic rings. The van der Waals surface area contributed by atoms with Gasteiger partial charge in [-0.2, -0.15) is 0 Å². The molecule has 36 heavy (non-hydrogen) atoms. The zero-order valence-electron chi connectivity index (χ0n) is 21.1. The molecule has 1 aliphatic rings. The average molecular weight is 486 g/mol. The van der Waals surface area contributed by atoms with Crippen LogP contribution in [-0.4, -0.2) is 32.4 Å². The van der Waals surface area contributed by atoms with Crippen LogP contribution in [0.5, 0.6) is 5.75 Å². The number of amidine groups is 1. The standard InChI is InChI=1S/C30H32FN3O2/c1-4-5-6-9-20-36-25-18-16-24(17-19-25)34-29(26-10-7-8-11-27(26)31)32-28(30(34)35)21-22-12-14-23(15-13-22)33(2)3/h7-8,10-19,21H,4-6,9,20H2,1-3H3/b28-21-. The van der Waals surface area contributed by atoms with E-state index in [1.54, 1.807) is 24.3 Å². The number of unbranched alkanes of at least 4 members (excludes halogenated alkanes) is 3. The minimum Gasteiger partial charge on any atom is -0.494 e. The van der Waals surface area contributed by atoms with Crippen LogP contribution in [0.25, 0.3) is 6.08 Å². The van der Waals surface area contributed by atoms with E-state index in [9.17, 15) is 9.18 Å². The van der Waals surface area contributed by atoms with Crippen molar-refractivity contribution in [3.8, 4) is 5.75 Å². The quantitative estimate of drug-likeness (QED) is 0.238. The molecule has 0 fully saturated rings. The third-order valence-corrected chi connectivity index (χ3v) is 6.05. The molecular weight excluding hydrogens is 453 g/mol. The summed E-state index contributed by atoms with van der Waals surface area (Å²) in [6.07, 6.45) is 6.27. The van der Waals surface area contributed by atoms with Gasteiger partial charge in [-0.1, -0.05) is 50.5 Å². The predicted octanol–water partition coefficient (Wildman–Crippen LogP) is 6.69. The molecule has 0 spiro atoms. The number of ether oxygens (including phenoxy) is 1. The summed E-state index contributed by atoms with van der Waals surface area (Å²) in [4.78, 5) is 21.6. The molecule has 0 unspecified atom stereocenters. The molecule has 5 nitrogen and oxygen atoms in total. The van der Waals surface area contributed by atoms with Crippen molar-refractivity contribution >= 4 is 29.2 Å². The zero-order valence-corrected chi connectivity index (χ0v) is 21.1. The number of anilines is 2. The first-order valence-corrected chi connectivity index (χ1v) is 12.4. The molecule has 1 heterocycles. The Balaban J connectivity index is 1.62. The van der Waals surface area contributed by atoms with Crippen LogP contribution in [-0.2, 0) is 4.79 Å². The Morgan fingerprint density at radius 2 is 1.67 bits per heavy atom. The summed E-state index contributed by atoms with van der Waals surface area (Å²) in [5.74, 6) is 0.265. The lowest BCUT2D eigenvalue weighted by molar-refractivity contribution is -0.113. The van der Waals surface area contributed by atoms with Crippen molar-refractivity contribution in [3.63, 3.8) is 0 Å². The minimum absolute atomic E-state index is 0.252. The van der Waals surface area contributed by atoms with Gasteiger partial charge in [-0.25, -0.2) is 9.38 Å². The number of aliphatic imine (C=N–C) groups is 1. The molecule has 0 saturated carbocycles. The number of hydrogen-bond donors (Lipinski definition) is 0. The smallest absolute Gasteiger partial charge is 0.282 e. The summed E-state index contributed by atoms with van der Waals surface area (Å²) in [6.45, 7) is 2.84. The van der Waals surface area contributed by atoms with E-state index in [-0.39, 0.29) is 23.0 Å². The second-order valence-corrected chi connectivity index (χ2v) is 8.97. The lowest BCUT2D eigenvalue weighted by Crippen LogP contribution is -2.33. The van der Waals surface area contributed by atoms with E-state index in [4.69, 9.17) is 4.74 Å². The monoisotopic (exact) mass is 485 g/mol. The third kappa shape index (κ3) is 5.82. The fourth-order valence-electron chi connectivity index (χ4n) is 4.02. The fraction of sp³-hybridized carbons (Fsp3) is 0.267. The van der Waals surface area contributed by atoms with Crippen LogP contribution in [0.2, 0.25) is 0 Å². The average Bonchev–Trinajstić information content (AvgIpc) is 3.20. The van der Waals surface area contributed by atoms with Gasteiger partial charge in [0.05, 0.1) is 17.9 Å². The number of hydrogen-bond acceptors (Lipinski definition) is 4. The van der Waals surface area contributed by atoms with Crippen molar-refractivity contribution < 1.29 is 13.9 Å². The number of carbonyl (C=O) groups excluding carboxylic acids is 1. The summed E-state index contributed by atoms with van der Waals surface area (Å²) in [5, 5.41) is 0. The van der Waals surface area contributed by atoms with Gasteiger partial charge >= 0.3 is 0 Å². The van der Waals surface area contributed by atoms with Crippen LogP contribution in [0.15, 0.2) is 83.5 Å². The molecule has 186 valence electrons. The second kappa shape index (κ2) is 11.7. The topological polar surface area (TPSA) is 45.1 Å². The summed E-state index contributed by atoms with van der Waals surface area (Å²) in [6, 6.07) is 21.5. The maximum atomic E-state index is 14.8. The maximum Gasteiger partial charge on any atom is 0.282 e. The van der Waals surface area contributed by atoms with Gasteiger partial charge in [-0.15, -0.1) is 0 Å². The Labute approximate surface area is 212 Å². The van der Waals surface area contributed by atoms with Crippen molar-refractivity contribution in [3.05, 3.63) is 95.4 Å². The van der Waals surface area contributed by atoms with E-state index in [2.05, 4.69) is 11.9 Å². The molecule has 3 aromatic carbocycles. The minimum atomic E-state index is -0.433. The predicted molar refractivity (Wildman–Crippen MR) is 145 cm³/mol. The molecule has 1 aliphatic heterocycles. The van der Waals surface area contributed by atoms with E-state index < -0.39 is 5.82 Å². The Bertz CT molecular complexity index is 1250. The van der Waals surface area contributed by atoms with Gasteiger partial charge in [-0.3, -0.25) is 9.69 Å². The van der Waals surface area contributed by atoms with E-state index in [0.717, 1.165) is 29.8 Å².